The van der Waals surface area contributed by atoms with Gasteiger partial charge in [0.2, 0.25) is 0 Å². The maximum absolute atomic E-state index is 13.7. The molecule has 2 aromatic heterocycles. The lowest BCUT2D eigenvalue weighted by atomic mass is 9.94. The van der Waals surface area contributed by atoms with Crippen LogP contribution >= 0.6 is 11.3 Å². The maximum atomic E-state index is 13.7. The zero-order valence-corrected chi connectivity index (χ0v) is 22.0. The first kappa shape index (κ1) is 26.0. The number of nitrogens with zero attached hydrogens (tertiary/aromatic N) is 3. The number of fused-ring (bicyclic) bond motifs is 1. The van der Waals surface area contributed by atoms with Crippen molar-refractivity contribution in [2.45, 2.75) is 26.8 Å². The van der Waals surface area contributed by atoms with Gasteiger partial charge >= 0.3 is 5.97 Å². The van der Waals surface area contributed by atoms with E-state index in [9.17, 15) is 24.1 Å². The van der Waals surface area contributed by atoms with Crippen LogP contribution in [-0.4, -0.2) is 22.1 Å². The van der Waals surface area contributed by atoms with Gasteiger partial charge in [-0.15, -0.1) is 0 Å². The first-order chi connectivity index (χ1) is 18.7. The molecule has 0 amide bonds. The Labute approximate surface area is 225 Å². The Morgan fingerprint density at radius 2 is 1.95 bits per heavy atom. The average Bonchev–Trinajstić information content (AvgIpc) is 3.48. The molecular formula is C28H22FN3O6S. The van der Waals surface area contributed by atoms with Crippen LogP contribution in [0.25, 0.3) is 17.4 Å². The Kier molecular flexibility index (Phi) is 6.83. The third kappa shape index (κ3) is 4.84. The van der Waals surface area contributed by atoms with Crippen LogP contribution in [0.2, 0.25) is 0 Å². The van der Waals surface area contributed by atoms with Crippen LogP contribution in [0, 0.1) is 22.9 Å². The molecule has 1 aliphatic heterocycles. The van der Waals surface area contributed by atoms with Crippen molar-refractivity contribution in [3.63, 3.8) is 0 Å². The van der Waals surface area contributed by atoms with Crippen molar-refractivity contribution >= 4 is 29.1 Å². The highest BCUT2D eigenvalue weighted by atomic mass is 32.1. The zero-order chi connectivity index (χ0) is 27.8. The second kappa shape index (κ2) is 10.3. The van der Waals surface area contributed by atoms with Crippen molar-refractivity contribution in [1.29, 1.82) is 0 Å². The molecule has 3 heterocycles. The summed E-state index contributed by atoms with van der Waals surface area (Å²) in [6.07, 6.45) is 1.56. The topological polar surface area (TPSA) is 117 Å². The highest BCUT2D eigenvalue weighted by molar-refractivity contribution is 7.07. The molecule has 0 unspecified atom stereocenters. The number of nitro groups is 1. The van der Waals surface area contributed by atoms with E-state index in [1.807, 2.05) is 0 Å². The molecular weight excluding hydrogens is 525 g/mol. The lowest BCUT2D eigenvalue weighted by molar-refractivity contribution is -0.385. The fourth-order valence-electron chi connectivity index (χ4n) is 4.43. The molecule has 9 nitrogen and oxygen atoms in total. The standard InChI is InChI=1S/C28H22FN3O6S/c1-4-37-27(34)24-16(3)30-28-31(25(24)18-6-5-15(2)21(13-18)32(35)36)26(33)23(39-28)14-20-11-12-22(38-20)17-7-9-19(29)10-8-17/h5-14,25H,4H2,1-3H3/b23-14+/t25-/m1/s1. The van der Waals surface area contributed by atoms with Gasteiger partial charge in [0.05, 0.1) is 33.4 Å². The molecule has 11 heteroatoms. The Bertz CT molecular complexity index is 1830. The molecule has 0 aliphatic carbocycles. The number of aryl methyl sites for hydroxylation is 1. The number of halogens is 1. The lowest BCUT2D eigenvalue weighted by Gasteiger charge is -2.24. The summed E-state index contributed by atoms with van der Waals surface area (Å²) in [6.45, 7) is 5.03. The number of ether oxygens (including phenoxy) is 1. The molecule has 0 saturated carbocycles. The monoisotopic (exact) mass is 547 g/mol. The van der Waals surface area contributed by atoms with Gasteiger partial charge < -0.3 is 9.15 Å². The zero-order valence-electron chi connectivity index (χ0n) is 21.1. The Hall–Kier alpha value is -4.64. The maximum Gasteiger partial charge on any atom is 0.338 e. The van der Waals surface area contributed by atoms with Crippen molar-refractivity contribution in [3.05, 3.63) is 118 Å². The summed E-state index contributed by atoms with van der Waals surface area (Å²) in [5, 5.41) is 11.7. The number of carbonyl (C=O) groups is 1. The fraction of sp³-hybridized carbons (Fsp3) is 0.179. The Balaban J connectivity index is 1.66. The van der Waals surface area contributed by atoms with E-state index in [0.717, 1.165) is 11.3 Å². The van der Waals surface area contributed by atoms with Gasteiger partial charge in [-0.05, 0) is 62.7 Å². The second-order valence-electron chi connectivity index (χ2n) is 8.81. The number of hydrogen-bond acceptors (Lipinski definition) is 8. The van der Waals surface area contributed by atoms with Gasteiger partial charge in [-0.1, -0.05) is 23.5 Å². The molecule has 0 N–H and O–H groups in total. The number of rotatable bonds is 6. The molecule has 0 spiro atoms. The molecule has 0 radical (unpaired) electrons. The van der Waals surface area contributed by atoms with E-state index in [1.165, 1.54) is 22.8 Å². The van der Waals surface area contributed by atoms with Gasteiger partial charge in [0.25, 0.3) is 11.2 Å². The smallest absolute Gasteiger partial charge is 0.338 e. The summed E-state index contributed by atoms with van der Waals surface area (Å²) < 4.78 is 26.1. The van der Waals surface area contributed by atoms with Gasteiger partial charge in [-0.25, -0.2) is 14.2 Å². The Morgan fingerprint density at radius 3 is 2.64 bits per heavy atom. The number of thiazole rings is 1. The highest BCUT2D eigenvalue weighted by Gasteiger charge is 2.34. The molecule has 1 atom stereocenters. The lowest BCUT2D eigenvalue weighted by Crippen LogP contribution is -2.40. The average molecular weight is 548 g/mol. The quantitative estimate of drug-likeness (QED) is 0.201. The number of carbonyl (C=O) groups excluding carboxylic acids is 1. The van der Waals surface area contributed by atoms with Gasteiger partial charge in [0.1, 0.15) is 17.3 Å². The van der Waals surface area contributed by atoms with Gasteiger partial charge in [0, 0.05) is 23.3 Å². The van der Waals surface area contributed by atoms with Crippen LogP contribution in [0.4, 0.5) is 10.1 Å². The predicted molar refractivity (Wildman–Crippen MR) is 142 cm³/mol. The van der Waals surface area contributed by atoms with Gasteiger partial charge in [-0.3, -0.25) is 19.5 Å². The minimum Gasteiger partial charge on any atom is -0.463 e. The number of hydrogen-bond donors (Lipinski definition) is 0. The third-order valence-corrected chi connectivity index (χ3v) is 7.27. The van der Waals surface area contributed by atoms with Crippen molar-refractivity contribution in [2.75, 3.05) is 6.61 Å². The van der Waals surface area contributed by atoms with Crippen LogP contribution in [-0.2, 0) is 9.53 Å². The number of aromatic nitrogens is 1. The summed E-state index contributed by atoms with van der Waals surface area (Å²) in [4.78, 5) is 42.7. The molecule has 4 aromatic rings. The summed E-state index contributed by atoms with van der Waals surface area (Å²) in [5.41, 5.74) is 1.42. The van der Waals surface area contributed by atoms with E-state index >= 15 is 0 Å². The molecule has 0 fully saturated rings. The van der Waals surface area contributed by atoms with Crippen molar-refractivity contribution in [3.8, 4) is 11.3 Å². The Morgan fingerprint density at radius 1 is 1.21 bits per heavy atom. The third-order valence-electron chi connectivity index (χ3n) is 6.29. The molecule has 2 aromatic carbocycles. The molecule has 0 bridgehead atoms. The molecule has 39 heavy (non-hydrogen) atoms. The minimum atomic E-state index is -0.979. The first-order valence-electron chi connectivity index (χ1n) is 12.0. The summed E-state index contributed by atoms with van der Waals surface area (Å²) in [7, 11) is 0. The minimum absolute atomic E-state index is 0.107. The summed E-state index contributed by atoms with van der Waals surface area (Å²) in [5.74, 6) is -0.128. The van der Waals surface area contributed by atoms with E-state index in [4.69, 9.17) is 9.15 Å². The van der Waals surface area contributed by atoms with Crippen molar-refractivity contribution in [1.82, 2.24) is 4.57 Å². The first-order valence-corrected chi connectivity index (χ1v) is 12.8. The second-order valence-corrected chi connectivity index (χ2v) is 9.82. The van der Waals surface area contributed by atoms with Crippen LogP contribution < -0.4 is 14.9 Å². The van der Waals surface area contributed by atoms with E-state index in [1.54, 1.807) is 63.2 Å². The van der Waals surface area contributed by atoms with Crippen LogP contribution in [0.1, 0.15) is 36.8 Å². The highest BCUT2D eigenvalue weighted by Crippen LogP contribution is 2.33. The molecule has 198 valence electrons. The number of esters is 1. The molecule has 1 aliphatic rings. The van der Waals surface area contributed by atoms with Crippen LogP contribution in [0.15, 0.2) is 80.1 Å². The van der Waals surface area contributed by atoms with Crippen LogP contribution in [0.5, 0.6) is 0 Å². The number of allylic oxidation sites excluding steroid dienone is 1. The normalized spacial score (nSPS) is 15.2. The van der Waals surface area contributed by atoms with Crippen molar-refractivity contribution in [2.24, 2.45) is 4.99 Å². The van der Waals surface area contributed by atoms with E-state index in [0.29, 0.717) is 43.2 Å². The van der Waals surface area contributed by atoms with Crippen LogP contribution in [0.3, 0.4) is 0 Å². The number of furan rings is 1. The number of nitro benzene ring substituents is 1. The van der Waals surface area contributed by atoms with Gasteiger partial charge in [0.15, 0.2) is 4.80 Å². The summed E-state index contributed by atoms with van der Waals surface area (Å²) in [6, 6.07) is 12.9. The van der Waals surface area contributed by atoms with E-state index < -0.39 is 22.5 Å². The SMILES string of the molecule is CCOC(=O)C1=C(C)N=c2s/c(=C/c3ccc(-c4ccc(F)cc4)o3)c(=O)n2[C@@H]1c1ccc(C)c([N+](=O)[O-])c1. The van der Waals surface area contributed by atoms with Gasteiger partial charge in [-0.2, -0.15) is 0 Å². The largest absolute Gasteiger partial charge is 0.463 e. The summed E-state index contributed by atoms with van der Waals surface area (Å²) >= 11 is 1.11. The molecule has 0 saturated heterocycles. The fourth-order valence-corrected chi connectivity index (χ4v) is 5.46. The van der Waals surface area contributed by atoms with E-state index in [-0.39, 0.29) is 23.7 Å². The molecule has 5 rings (SSSR count). The van der Waals surface area contributed by atoms with Crippen molar-refractivity contribution < 1.29 is 23.3 Å². The predicted octanol–water partition coefficient (Wildman–Crippen LogP) is 4.41. The van der Waals surface area contributed by atoms with E-state index in [2.05, 4.69) is 4.99 Å². The number of benzene rings is 2.